The lowest BCUT2D eigenvalue weighted by Crippen LogP contribution is -2.36. The molecule has 2 aromatic rings. The van der Waals surface area contributed by atoms with Crippen molar-refractivity contribution in [3.63, 3.8) is 0 Å². The van der Waals surface area contributed by atoms with Gasteiger partial charge in [0.2, 0.25) is 0 Å². The number of aromatic nitrogens is 2. The summed E-state index contributed by atoms with van der Waals surface area (Å²) in [6, 6.07) is 8.59. The van der Waals surface area contributed by atoms with Gasteiger partial charge in [-0.3, -0.25) is 14.3 Å². The van der Waals surface area contributed by atoms with Gasteiger partial charge in [-0.25, -0.2) is 4.79 Å². The number of benzene rings is 1. The highest BCUT2D eigenvalue weighted by Crippen LogP contribution is 2.15. The molecule has 0 aliphatic heterocycles. The van der Waals surface area contributed by atoms with Crippen LogP contribution in [0.5, 0.6) is 0 Å². The zero-order valence-corrected chi connectivity index (χ0v) is 12.1. The number of nitrogens with zero attached hydrogens (tertiary/aromatic N) is 1. The van der Waals surface area contributed by atoms with Gasteiger partial charge in [-0.2, -0.15) is 0 Å². The third kappa shape index (κ3) is 3.11. The number of halogens is 1. The minimum atomic E-state index is -0.422. The summed E-state index contributed by atoms with van der Waals surface area (Å²) in [6.07, 6.45) is 0. The van der Waals surface area contributed by atoms with Gasteiger partial charge in [0.15, 0.2) is 0 Å². The molecular weight excluding hydrogens is 278 g/mol. The van der Waals surface area contributed by atoms with Crippen LogP contribution < -0.4 is 16.6 Å². The Balaban J connectivity index is 2.22. The van der Waals surface area contributed by atoms with Crippen LogP contribution in [0.2, 0.25) is 5.02 Å². The summed E-state index contributed by atoms with van der Waals surface area (Å²) in [5.74, 6) is 0.386. The third-order valence-corrected chi connectivity index (χ3v) is 3.28. The summed E-state index contributed by atoms with van der Waals surface area (Å²) in [4.78, 5) is 26.3. The van der Waals surface area contributed by atoms with Crippen molar-refractivity contribution in [1.82, 2.24) is 9.55 Å². The van der Waals surface area contributed by atoms with Gasteiger partial charge in [-0.15, -0.1) is 0 Å². The number of rotatable bonds is 4. The van der Waals surface area contributed by atoms with E-state index in [2.05, 4.69) is 10.3 Å². The SMILES string of the molecule is CC(C)n1c(=O)cc(NCc2ccccc2Cl)[nH]c1=O. The highest BCUT2D eigenvalue weighted by Gasteiger charge is 2.07. The van der Waals surface area contributed by atoms with Crippen molar-refractivity contribution in [3.8, 4) is 0 Å². The van der Waals surface area contributed by atoms with Crippen LogP contribution in [0.15, 0.2) is 39.9 Å². The Morgan fingerprint density at radius 1 is 1.30 bits per heavy atom. The van der Waals surface area contributed by atoms with Crippen molar-refractivity contribution >= 4 is 17.4 Å². The molecule has 0 bridgehead atoms. The van der Waals surface area contributed by atoms with Gasteiger partial charge >= 0.3 is 5.69 Å². The highest BCUT2D eigenvalue weighted by molar-refractivity contribution is 6.31. The summed E-state index contributed by atoms with van der Waals surface area (Å²) < 4.78 is 1.17. The summed E-state index contributed by atoms with van der Waals surface area (Å²) in [6.45, 7) is 4.00. The molecule has 0 unspecified atom stereocenters. The van der Waals surface area contributed by atoms with E-state index >= 15 is 0 Å². The number of aromatic amines is 1. The first-order valence-corrected chi connectivity index (χ1v) is 6.70. The average Bonchev–Trinajstić information content (AvgIpc) is 2.36. The molecule has 0 amide bonds. The minimum Gasteiger partial charge on any atom is -0.367 e. The van der Waals surface area contributed by atoms with Crippen LogP contribution >= 0.6 is 11.6 Å². The van der Waals surface area contributed by atoms with Gasteiger partial charge in [-0.1, -0.05) is 29.8 Å². The number of nitrogens with one attached hydrogen (secondary N) is 2. The van der Waals surface area contributed by atoms with E-state index in [1.807, 2.05) is 18.2 Å². The Hall–Kier alpha value is -2.01. The lowest BCUT2D eigenvalue weighted by atomic mass is 10.2. The van der Waals surface area contributed by atoms with Gasteiger partial charge in [0.1, 0.15) is 5.82 Å². The van der Waals surface area contributed by atoms with Crippen molar-refractivity contribution in [3.05, 3.63) is 61.8 Å². The van der Waals surface area contributed by atoms with Crippen LogP contribution in [0.4, 0.5) is 5.82 Å². The maximum atomic E-state index is 11.9. The summed E-state index contributed by atoms with van der Waals surface area (Å²) >= 11 is 6.04. The molecule has 2 N–H and O–H groups in total. The van der Waals surface area contributed by atoms with Gasteiger partial charge in [-0.05, 0) is 25.5 Å². The van der Waals surface area contributed by atoms with Gasteiger partial charge in [0, 0.05) is 23.7 Å². The van der Waals surface area contributed by atoms with Gasteiger partial charge in [0.25, 0.3) is 5.56 Å². The fraction of sp³-hybridized carbons (Fsp3) is 0.286. The fourth-order valence-corrected chi connectivity index (χ4v) is 2.12. The molecule has 1 aromatic carbocycles. The van der Waals surface area contributed by atoms with Gasteiger partial charge in [0.05, 0.1) is 0 Å². The molecule has 1 heterocycles. The number of H-pyrrole nitrogens is 1. The van der Waals surface area contributed by atoms with Crippen LogP contribution in [0, 0.1) is 0 Å². The molecule has 0 aliphatic carbocycles. The minimum absolute atomic E-state index is 0.177. The maximum Gasteiger partial charge on any atom is 0.330 e. The van der Waals surface area contributed by atoms with Crippen molar-refractivity contribution < 1.29 is 0 Å². The number of anilines is 1. The molecule has 6 heteroatoms. The van der Waals surface area contributed by atoms with E-state index in [9.17, 15) is 9.59 Å². The van der Waals surface area contributed by atoms with E-state index in [1.165, 1.54) is 10.6 Å². The van der Waals surface area contributed by atoms with Crippen molar-refractivity contribution in [2.24, 2.45) is 0 Å². The predicted octanol–water partition coefficient (Wildman–Crippen LogP) is 2.38. The predicted molar refractivity (Wildman–Crippen MR) is 80.5 cm³/mol. The standard InChI is InChI=1S/C14H16ClN3O2/c1-9(2)18-13(19)7-12(17-14(18)20)16-8-10-5-3-4-6-11(10)15/h3-7,9,16H,8H2,1-2H3,(H,17,20). The topological polar surface area (TPSA) is 66.9 Å². The van der Waals surface area contributed by atoms with Gasteiger partial charge < -0.3 is 5.32 Å². The lowest BCUT2D eigenvalue weighted by Gasteiger charge is -2.11. The second-order valence-corrected chi connectivity index (χ2v) is 5.14. The van der Waals surface area contributed by atoms with Crippen molar-refractivity contribution in [2.75, 3.05) is 5.32 Å². The number of hydrogen-bond donors (Lipinski definition) is 2. The highest BCUT2D eigenvalue weighted by atomic mass is 35.5. The Morgan fingerprint density at radius 3 is 2.60 bits per heavy atom. The molecular formula is C14H16ClN3O2. The van der Waals surface area contributed by atoms with E-state index in [4.69, 9.17) is 11.6 Å². The van der Waals surface area contributed by atoms with Crippen LogP contribution in [0.25, 0.3) is 0 Å². The largest absolute Gasteiger partial charge is 0.367 e. The second kappa shape index (κ2) is 5.96. The summed E-state index contributed by atoms with van der Waals surface area (Å²) in [7, 11) is 0. The van der Waals surface area contributed by atoms with Crippen LogP contribution in [0.3, 0.4) is 0 Å². The zero-order chi connectivity index (χ0) is 14.7. The molecule has 20 heavy (non-hydrogen) atoms. The first-order valence-electron chi connectivity index (χ1n) is 6.32. The first kappa shape index (κ1) is 14.4. The Labute approximate surface area is 121 Å². The third-order valence-electron chi connectivity index (χ3n) is 2.91. The molecule has 2 rings (SSSR count). The van der Waals surface area contributed by atoms with Crippen LogP contribution in [-0.2, 0) is 6.54 Å². The monoisotopic (exact) mass is 293 g/mol. The normalized spacial score (nSPS) is 10.8. The molecule has 0 fully saturated rings. The number of hydrogen-bond acceptors (Lipinski definition) is 3. The summed E-state index contributed by atoms with van der Waals surface area (Å²) in [5, 5.41) is 3.63. The van der Waals surface area contributed by atoms with Crippen molar-refractivity contribution in [2.45, 2.75) is 26.4 Å². The fourth-order valence-electron chi connectivity index (χ4n) is 1.92. The van der Waals surface area contributed by atoms with Crippen molar-refractivity contribution in [1.29, 1.82) is 0 Å². The zero-order valence-electron chi connectivity index (χ0n) is 11.3. The molecule has 0 saturated heterocycles. The molecule has 0 atom stereocenters. The first-order chi connectivity index (χ1) is 9.49. The quantitative estimate of drug-likeness (QED) is 0.909. The molecule has 0 spiro atoms. The Morgan fingerprint density at radius 2 is 2.00 bits per heavy atom. The lowest BCUT2D eigenvalue weighted by molar-refractivity contribution is 0.546. The second-order valence-electron chi connectivity index (χ2n) is 4.74. The van der Waals surface area contributed by atoms with Crippen LogP contribution in [-0.4, -0.2) is 9.55 Å². The average molecular weight is 294 g/mol. The van der Waals surface area contributed by atoms with E-state index < -0.39 is 5.69 Å². The smallest absolute Gasteiger partial charge is 0.330 e. The van der Waals surface area contributed by atoms with E-state index in [-0.39, 0.29) is 11.6 Å². The molecule has 0 radical (unpaired) electrons. The Kier molecular flexibility index (Phi) is 4.29. The molecule has 1 aromatic heterocycles. The summed E-state index contributed by atoms with van der Waals surface area (Å²) in [5.41, 5.74) is 0.141. The van der Waals surface area contributed by atoms with E-state index in [0.29, 0.717) is 17.4 Å². The maximum absolute atomic E-state index is 11.9. The molecule has 106 valence electrons. The van der Waals surface area contributed by atoms with E-state index in [0.717, 1.165) is 5.56 Å². The molecule has 0 saturated carbocycles. The van der Waals surface area contributed by atoms with Crippen LogP contribution in [0.1, 0.15) is 25.5 Å². The van der Waals surface area contributed by atoms with E-state index in [1.54, 1.807) is 19.9 Å². The molecule has 0 aliphatic rings. The molecule has 5 nitrogen and oxygen atoms in total. The Bertz CT molecular complexity index is 688.